The highest BCUT2D eigenvalue weighted by atomic mass is 35.5. The number of carbonyl (C=O) groups excluding carboxylic acids is 1. The second-order valence-corrected chi connectivity index (χ2v) is 3.06. The molecule has 4 heteroatoms. The van der Waals surface area contributed by atoms with E-state index in [0.29, 0.717) is 6.42 Å². The molecule has 0 aromatic rings. The molecule has 0 aliphatic carbocycles. The Hall–Kier alpha value is -0.540. The average molecular weight is 189 g/mol. The Labute approximate surface area is 78.0 Å². The topological polar surface area (TPSA) is 41.1 Å². The second-order valence-electron chi connectivity index (χ2n) is 3.06. The molecule has 0 radical (unpaired) electrons. The maximum Gasteiger partial charge on any atom is 0.224 e. The third kappa shape index (κ3) is 1.79. The van der Waals surface area contributed by atoms with Crippen molar-refractivity contribution in [3.63, 3.8) is 0 Å². The van der Waals surface area contributed by atoms with Gasteiger partial charge in [-0.05, 0) is 12.0 Å². The maximum atomic E-state index is 11.0. The summed E-state index contributed by atoms with van der Waals surface area (Å²) in [7, 11) is 0. The number of nitrogens with one attached hydrogen (secondary N) is 2. The number of hydrogen-bond donors (Lipinski definition) is 2. The zero-order valence-electron chi connectivity index (χ0n) is 6.85. The summed E-state index contributed by atoms with van der Waals surface area (Å²) < 4.78 is 0. The Kier molecular flexibility index (Phi) is 3.12. The van der Waals surface area contributed by atoms with Crippen molar-refractivity contribution >= 4 is 18.3 Å². The Bertz CT molecular complexity index is 225. The van der Waals surface area contributed by atoms with E-state index in [-0.39, 0.29) is 18.3 Å². The van der Waals surface area contributed by atoms with Crippen LogP contribution in [0.25, 0.3) is 0 Å². The van der Waals surface area contributed by atoms with E-state index >= 15 is 0 Å². The molecule has 2 N–H and O–H groups in total. The van der Waals surface area contributed by atoms with Crippen molar-refractivity contribution in [2.24, 2.45) is 0 Å². The average Bonchev–Trinajstić information content (AvgIpc) is 2.04. The Balaban J connectivity index is 0.000000720. The van der Waals surface area contributed by atoms with Gasteiger partial charge in [0.05, 0.1) is 0 Å². The highest BCUT2D eigenvalue weighted by Crippen LogP contribution is 2.18. The fourth-order valence-corrected chi connectivity index (χ4v) is 1.62. The molecule has 0 fully saturated rings. The molecule has 0 unspecified atom stereocenters. The summed E-state index contributed by atoms with van der Waals surface area (Å²) in [5.74, 6) is 0.186. The molecule has 2 rings (SSSR count). The van der Waals surface area contributed by atoms with Crippen LogP contribution in [0.4, 0.5) is 0 Å². The molecule has 0 spiro atoms. The van der Waals surface area contributed by atoms with Crippen LogP contribution in [0.1, 0.15) is 19.3 Å². The number of carbonyl (C=O) groups is 1. The normalized spacial score (nSPS) is 22.5. The van der Waals surface area contributed by atoms with Crippen molar-refractivity contribution in [2.45, 2.75) is 19.3 Å². The number of halogens is 1. The van der Waals surface area contributed by atoms with Gasteiger partial charge in [-0.3, -0.25) is 4.79 Å². The molecule has 0 bridgehead atoms. The van der Waals surface area contributed by atoms with E-state index in [9.17, 15) is 4.79 Å². The van der Waals surface area contributed by atoms with E-state index < -0.39 is 0 Å². The Morgan fingerprint density at radius 2 is 2.00 bits per heavy atom. The molecule has 0 aromatic carbocycles. The van der Waals surface area contributed by atoms with Crippen molar-refractivity contribution in [3.8, 4) is 0 Å². The summed E-state index contributed by atoms with van der Waals surface area (Å²) in [6.45, 7) is 1.97. The van der Waals surface area contributed by atoms with Gasteiger partial charge in [0.15, 0.2) is 0 Å². The van der Waals surface area contributed by atoms with Crippen molar-refractivity contribution in [3.05, 3.63) is 11.3 Å². The van der Waals surface area contributed by atoms with Crippen LogP contribution in [-0.4, -0.2) is 19.0 Å². The molecular weight excluding hydrogens is 176 g/mol. The molecule has 68 valence electrons. The Morgan fingerprint density at radius 1 is 1.17 bits per heavy atom. The van der Waals surface area contributed by atoms with Gasteiger partial charge in [-0.1, -0.05) is 0 Å². The summed E-state index contributed by atoms with van der Waals surface area (Å²) >= 11 is 0. The molecule has 1 amide bonds. The highest BCUT2D eigenvalue weighted by molar-refractivity contribution is 5.85. The highest BCUT2D eigenvalue weighted by Gasteiger charge is 2.19. The summed E-state index contributed by atoms with van der Waals surface area (Å²) in [5.41, 5.74) is 2.58. The molecule has 2 aliphatic rings. The van der Waals surface area contributed by atoms with E-state index in [1.54, 1.807) is 0 Å². The van der Waals surface area contributed by atoms with Gasteiger partial charge in [0.2, 0.25) is 5.91 Å². The molecule has 0 saturated carbocycles. The van der Waals surface area contributed by atoms with E-state index in [0.717, 1.165) is 25.9 Å². The van der Waals surface area contributed by atoms with Crippen LogP contribution in [0, 0.1) is 0 Å². The van der Waals surface area contributed by atoms with Crippen molar-refractivity contribution in [1.29, 1.82) is 0 Å². The third-order valence-corrected chi connectivity index (χ3v) is 2.26. The first-order valence-corrected chi connectivity index (χ1v) is 4.08. The minimum atomic E-state index is 0. The lowest BCUT2D eigenvalue weighted by atomic mass is 9.99. The molecule has 2 heterocycles. The van der Waals surface area contributed by atoms with Gasteiger partial charge in [0, 0.05) is 31.6 Å². The zero-order valence-corrected chi connectivity index (χ0v) is 7.67. The lowest BCUT2D eigenvalue weighted by Gasteiger charge is -2.25. The van der Waals surface area contributed by atoms with Crippen molar-refractivity contribution in [2.75, 3.05) is 13.1 Å². The van der Waals surface area contributed by atoms with Gasteiger partial charge in [0.1, 0.15) is 0 Å². The lowest BCUT2D eigenvalue weighted by molar-refractivity contribution is -0.120. The van der Waals surface area contributed by atoms with E-state index in [2.05, 4.69) is 10.6 Å². The number of hydrogen-bond acceptors (Lipinski definition) is 2. The summed E-state index contributed by atoms with van der Waals surface area (Å²) in [5, 5.41) is 6.21. The van der Waals surface area contributed by atoms with Crippen LogP contribution < -0.4 is 10.6 Å². The Morgan fingerprint density at radius 3 is 2.83 bits per heavy atom. The zero-order chi connectivity index (χ0) is 7.68. The molecule has 12 heavy (non-hydrogen) atoms. The lowest BCUT2D eigenvalue weighted by Crippen LogP contribution is -2.36. The molecule has 3 nitrogen and oxygen atoms in total. The molecule has 2 aliphatic heterocycles. The van der Waals surface area contributed by atoms with Crippen LogP contribution in [0.5, 0.6) is 0 Å². The first-order valence-electron chi connectivity index (χ1n) is 4.08. The maximum absolute atomic E-state index is 11.0. The summed E-state index contributed by atoms with van der Waals surface area (Å²) in [4.78, 5) is 11.0. The van der Waals surface area contributed by atoms with Gasteiger partial charge in [-0.2, -0.15) is 0 Å². The SMILES string of the molecule is Cl.O=C1CCC2=C(CCNC2)N1. The first kappa shape index (κ1) is 9.55. The van der Waals surface area contributed by atoms with Crippen LogP contribution >= 0.6 is 12.4 Å². The van der Waals surface area contributed by atoms with Gasteiger partial charge >= 0.3 is 0 Å². The van der Waals surface area contributed by atoms with Crippen molar-refractivity contribution in [1.82, 2.24) is 10.6 Å². The van der Waals surface area contributed by atoms with Crippen molar-refractivity contribution < 1.29 is 4.79 Å². The fraction of sp³-hybridized carbons (Fsp3) is 0.625. The van der Waals surface area contributed by atoms with Gasteiger partial charge in [-0.15, -0.1) is 12.4 Å². The predicted octanol–water partition coefficient (Wildman–Crippen LogP) is 0.566. The fourth-order valence-electron chi connectivity index (χ4n) is 1.62. The number of amides is 1. The third-order valence-electron chi connectivity index (χ3n) is 2.26. The first-order chi connectivity index (χ1) is 5.36. The van der Waals surface area contributed by atoms with Gasteiger partial charge in [0.25, 0.3) is 0 Å². The molecule has 0 saturated heterocycles. The van der Waals surface area contributed by atoms with E-state index in [4.69, 9.17) is 0 Å². The second kappa shape index (κ2) is 3.92. The standard InChI is InChI=1S/C8H12N2O.ClH/c11-8-2-1-6-5-9-4-3-7(6)10-8;/h9H,1-5H2,(H,10,11);1H. The number of rotatable bonds is 0. The van der Waals surface area contributed by atoms with Gasteiger partial charge < -0.3 is 10.6 Å². The monoisotopic (exact) mass is 188 g/mol. The van der Waals surface area contributed by atoms with Crippen LogP contribution in [0.2, 0.25) is 0 Å². The quantitative estimate of drug-likeness (QED) is 0.584. The molecule has 0 atom stereocenters. The minimum Gasteiger partial charge on any atom is -0.330 e. The molecule has 0 aromatic heterocycles. The van der Waals surface area contributed by atoms with Gasteiger partial charge in [-0.25, -0.2) is 0 Å². The van der Waals surface area contributed by atoms with E-state index in [1.165, 1.54) is 11.3 Å². The van der Waals surface area contributed by atoms with E-state index in [1.807, 2.05) is 0 Å². The summed E-state index contributed by atoms with van der Waals surface area (Å²) in [6.07, 6.45) is 2.61. The van der Waals surface area contributed by atoms with Crippen LogP contribution in [0.15, 0.2) is 11.3 Å². The smallest absolute Gasteiger partial charge is 0.224 e. The van der Waals surface area contributed by atoms with Crippen LogP contribution in [-0.2, 0) is 4.79 Å². The largest absolute Gasteiger partial charge is 0.330 e. The molecular formula is C8H13ClN2O. The minimum absolute atomic E-state index is 0. The van der Waals surface area contributed by atoms with Crippen LogP contribution in [0.3, 0.4) is 0 Å². The predicted molar refractivity (Wildman–Crippen MR) is 49.1 cm³/mol. The summed E-state index contributed by atoms with van der Waals surface area (Å²) in [6, 6.07) is 0.